The summed E-state index contributed by atoms with van der Waals surface area (Å²) in [7, 11) is 0. The SMILES string of the molecule is Cc1ccc(C)c(O[C]=O)c1. The van der Waals surface area contributed by atoms with E-state index in [9.17, 15) is 4.79 Å². The van der Waals surface area contributed by atoms with E-state index in [1.54, 1.807) is 6.07 Å². The number of benzene rings is 1. The molecule has 2 nitrogen and oxygen atoms in total. The Morgan fingerprint density at radius 3 is 2.73 bits per heavy atom. The van der Waals surface area contributed by atoms with Crippen molar-refractivity contribution in [3.63, 3.8) is 0 Å². The normalized spacial score (nSPS) is 9.27. The Hall–Kier alpha value is -1.31. The highest BCUT2D eigenvalue weighted by Gasteiger charge is 1.97. The fourth-order valence-corrected chi connectivity index (χ4v) is 0.862. The van der Waals surface area contributed by atoms with Crippen LogP contribution in [-0.4, -0.2) is 6.47 Å². The summed E-state index contributed by atoms with van der Waals surface area (Å²) >= 11 is 0. The van der Waals surface area contributed by atoms with Crippen molar-refractivity contribution in [1.29, 1.82) is 0 Å². The Labute approximate surface area is 65.8 Å². The molecule has 0 saturated heterocycles. The molecule has 0 saturated carbocycles. The largest absolute Gasteiger partial charge is 0.423 e. The molecule has 2 heteroatoms. The molecule has 0 aliphatic rings. The molecule has 0 spiro atoms. The van der Waals surface area contributed by atoms with Gasteiger partial charge >= 0.3 is 6.47 Å². The van der Waals surface area contributed by atoms with Crippen LogP contribution in [0.5, 0.6) is 5.75 Å². The molecule has 1 rings (SSSR count). The lowest BCUT2D eigenvalue weighted by atomic mass is 10.1. The van der Waals surface area contributed by atoms with Gasteiger partial charge in [-0.25, -0.2) is 4.79 Å². The predicted molar refractivity (Wildman–Crippen MR) is 42.2 cm³/mol. The number of hydrogen-bond donors (Lipinski definition) is 0. The van der Waals surface area contributed by atoms with Crippen molar-refractivity contribution in [2.75, 3.05) is 0 Å². The van der Waals surface area contributed by atoms with E-state index in [2.05, 4.69) is 4.74 Å². The van der Waals surface area contributed by atoms with Gasteiger partial charge in [0.05, 0.1) is 0 Å². The molecule has 0 bridgehead atoms. The second-order valence-corrected chi connectivity index (χ2v) is 2.45. The minimum absolute atomic E-state index is 0.583. The first kappa shape index (κ1) is 7.79. The third-order valence-electron chi connectivity index (χ3n) is 1.50. The zero-order valence-corrected chi connectivity index (χ0v) is 6.55. The Morgan fingerprint density at radius 2 is 2.09 bits per heavy atom. The van der Waals surface area contributed by atoms with Gasteiger partial charge in [0.2, 0.25) is 0 Å². The van der Waals surface area contributed by atoms with Crippen LogP contribution in [0.25, 0.3) is 0 Å². The molecule has 0 amide bonds. The van der Waals surface area contributed by atoms with Gasteiger partial charge < -0.3 is 4.74 Å². The summed E-state index contributed by atoms with van der Waals surface area (Å²) in [4.78, 5) is 9.89. The average Bonchev–Trinajstić information content (AvgIpc) is 1.98. The van der Waals surface area contributed by atoms with Crippen LogP contribution in [0.4, 0.5) is 0 Å². The average molecular weight is 149 g/mol. The zero-order chi connectivity index (χ0) is 8.27. The third-order valence-corrected chi connectivity index (χ3v) is 1.50. The van der Waals surface area contributed by atoms with Crippen molar-refractivity contribution < 1.29 is 9.53 Å². The number of rotatable bonds is 2. The monoisotopic (exact) mass is 149 g/mol. The van der Waals surface area contributed by atoms with Crippen molar-refractivity contribution >= 4 is 6.47 Å². The van der Waals surface area contributed by atoms with Crippen LogP contribution in [0.15, 0.2) is 18.2 Å². The van der Waals surface area contributed by atoms with Crippen molar-refractivity contribution in [3.8, 4) is 5.75 Å². The number of aryl methyl sites for hydroxylation is 2. The molecule has 1 radical (unpaired) electrons. The number of ether oxygens (including phenoxy) is 1. The van der Waals surface area contributed by atoms with Gasteiger partial charge in [0, 0.05) is 0 Å². The maximum atomic E-state index is 9.89. The lowest BCUT2D eigenvalue weighted by molar-refractivity contribution is 0.441. The molecule has 0 atom stereocenters. The van der Waals surface area contributed by atoms with E-state index in [-0.39, 0.29) is 0 Å². The molecular formula is C9H9O2. The summed E-state index contributed by atoms with van der Waals surface area (Å²) in [5, 5.41) is 0. The van der Waals surface area contributed by atoms with Crippen LogP contribution >= 0.6 is 0 Å². The van der Waals surface area contributed by atoms with Gasteiger partial charge in [-0.15, -0.1) is 0 Å². The summed E-state index contributed by atoms with van der Waals surface area (Å²) in [6.45, 7) is 5.22. The van der Waals surface area contributed by atoms with Gasteiger partial charge in [-0.3, -0.25) is 0 Å². The van der Waals surface area contributed by atoms with Crippen molar-refractivity contribution in [1.82, 2.24) is 0 Å². The standard InChI is InChI=1S/C9H9O2/c1-7-3-4-8(2)9(5-7)11-6-10/h3-5H,1-2H3. The summed E-state index contributed by atoms with van der Waals surface area (Å²) in [5.74, 6) is 0.583. The second kappa shape index (κ2) is 3.19. The summed E-state index contributed by atoms with van der Waals surface area (Å²) < 4.78 is 4.61. The van der Waals surface area contributed by atoms with Gasteiger partial charge in [0.1, 0.15) is 5.75 Å². The molecule has 11 heavy (non-hydrogen) atoms. The molecule has 0 aliphatic heterocycles. The minimum Gasteiger partial charge on any atom is -0.418 e. The second-order valence-electron chi connectivity index (χ2n) is 2.45. The van der Waals surface area contributed by atoms with E-state index in [0.717, 1.165) is 11.1 Å². The van der Waals surface area contributed by atoms with E-state index in [4.69, 9.17) is 0 Å². The molecule has 57 valence electrons. The van der Waals surface area contributed by atoms with Crippen LogP contribution < -0.4 is 4.74 Å². The third kappa shape index (κ3) is 1.80. The van der Waals surface area contributed by atoms with Crippen LogP contribution in [0.3, 0.4) is 0 Å². The molecule has 0 fully saturated rings. The first-order valence-corrected chi connectivity index (χ1v) is 3.35. The smallest absolute Gasteiger partial charge is 0.418 e. The highest BCUT2D eigenvalue weighted by molar-refractivity contribution is 5.49. The van der Waals surface area contributed by atoms with Crippen molar-refractivity contribution in [2.24, 2.45) is 0 Å². The van der Waals surface area contributed by atoms with Gasteiger partial charge in [-0.05, 0) is 31.0 Å². The maximum Gasteiger partial charge on any atom is 0.423 e. The molecule has 0 aromatic heterocycles. The lowest BCUT2D eigenvalue weighted by Gasteiger charge is -2.01. The Balaban J connectivity index is 3.01. The molecule has 1 aromatic carbocycles. The maximum absolute atomic E-state index is 9.89. The fraction of sp³-hybridized carbons (Fsp3) is 0.222. The molecular weight excluding hydrogens is 140 g/mol. The molecule has 1 aromatic rings. The van der Waals surface area contributed by atoms with Crippen LogP contribution in [0, 0.1) is 13.8 Å². The lowest BCUT2D eigenvalue weighted by Crippen LogP contribution is -1.91. The van der Waals surface area contributed by atoms with Crippen molar-refractivity contribution in [2.45, 2.75) is 13.8 Å². The van der Waals surface area contributed by atoms with E-state index in [1.165, 1.54) is 6.47 Å². The quantitative estimate of drug-likeness (QED) is 0.640. The van der Waals surface area contributed by atoms with E-state index in [1.807, 2.05) is 26.0 Å². The summed E-state index contributed by atoms with van der Waals surface area (Å²) in [6.07, 6.45) is 0. The van der Waals surface area contributed by atoms with Crippen LogP contribution in [-0.2, 0) is 4.79 Å². The topological polar surface area (TPSA) is 26.3 Å². The van der Waals surface area contributed by atoms with E-state index in [0.29, 0.717) is 5.75 Å². The van der Waals surface area contributed by atoms with Gasteiger partial charge in [-0.2, -0.15) is 0 Å². The van der Waals surface area contributed by atoms with Gasteiger partial charge in [-0.1, -0.05) is 12.1 Å². The van der Waals surface area contributed by atoms with E-state index >= 15 is 0 Å². The molecule has 0 aliphatic carbocycles. The van der Waals surface area contributed by atoms with Gasteiger partial charge in [0.15, 0.2) is 0 Å². The Morgan fingerprint density at radius 1 is 1.36 bits per heavy atom. The van der Waals surface area contributed by atoms with Crippen molar-refractivity contribution in [3.05, 3.63) is 29.3 Å². The minimum atomic E-state index is 0.583. The highest BCUT2D eigenvalue weighted by atomic mass is 16.5. The number of hydrogen-bond acceptors (Lipinski definition) is 2. The molecule has 0 N–H and O–H groups in total. The van der Waals surface area contributed by atoms with Crippen LogP contribution in [0.1, 0.15) is 11.1 Å². The molecule has 0 unspecified atom stereocenters. The predicted octanol–water partition coefficient (Wildman–Crippen LogP) is 1.75. The van der Waals surface area contributed by atoms with Crippen LogP contribution in [0.2, 0.25) is 0 Å². The highest BCUT2D eigenvalue weighted by Crippen LogP contribution is 2.17. The summed E-state index contributed by atoms with van der Waals surface area (Å²) in [5.41, 5.74) is 2.01. The summed E-state index contributed by atoms with van der Waals surface area (Å²) in [6, 6.07) is 5.68. The Kier molecular flexibility index (Phi) is 2.26. The van der Waals surface area contributed by atoms with E-state index < -0.39 is 0 Å². The molecule has 0 heterocycles. The first-order valence-electron chi connectivity index (χ1n) is 3.35. The van der Waals surface area contributed by atoms with Gasteiger partial charge in [0.25, 0.3) is 0 Å². The first-order chi connectivity index (χ1) is 5.24. The fourth-order valence-electron chi connectivity index (χ4n) is 0.862. The number of carbonyl (C=O) groups excluding carboxylic acids is 1. The Bertz CT molecular complexity index is 266. The zero-order valence-electron chi connectivity index (χ0n) is 6.55.